The van der Waals surface area contributed by atoms with Crippen molar-refractivity contribution >= 4 is 27.5 Å². The lowest BCUT2D eigenvalue weighted by atomic mass is 10.1. The highest BCUT2D eigenvalue weighted by molar-refractivity contribution is 9.08. The molecule has 0 aromatic heterocycles. The van der Waals surface area contributed by atoms with E-state index in [1.54, 1.807) is 0 Å². The number of rotatable bonds is 5. The Bertz CT molecular complexity index is 640. The molecule has 0 radical (unpaired) electrons. The minimum atomic E-state index is -0.108. The molecule has 1 amide bonds. The molecule has 0 atom stereocenters. The lowest BCUT2D eigenvalue weighted by molar-refractivity contribution is 0.102. The van der Waals surface area contributed by atoms with Gasteiger partial charge in [-0.1, -0.05) is 33.6 Å². The van der Waals surface area contributed by atoms with Crippen molar-refractivity contribution in [3.8, 4) is 5.75 Å². The summed E-state index contributed by atoms with van der Waals surface area (Å²) in [5, 5.41) is 3.59. The van der Waals surface area contributed by atoms with Gasteiger partial charge in [-0.3, -0.25) is 4.79 Å². The zero-order valence-corrected chi connectivity index (χ0v) is 13.7. The molecular weight excluding hydrogens is 330 g/mol. The second-order valence-corrected chi connectivity index (χ2v) is 5.27. The second-order valence-electron chi connectivity index (χ2n) is 4.71. The zero-order chi connectivity index (χ0) is 15.2. The highest BCUT2D eigenvalue weighted by Crippen LogP contribution is 2.25. The Morgan fingerprint density at radius 2 is 2.05 bits per heavy atom. The average Bonchev–Trinajstić information content (AvgIpc) is 2.49. The van der Waals surface area contributed by atoms with E-state index in [9.17, 15) is 4.79 Å². The number of hydrogen-bond donors (Lipinski definition) is 1. The van der Waals surface area contributed by atoms with Gasteiger partial charge in [0.2, 0.25) is 0 Å². The molecule has 110 valence electrons. The molecule has 0 aliphatic rings. The number of aryl methyl sites for hydroxylation is 1. The Kier molecular flexibility index (Phi) is 5.39. The quantitative estimate of drug-likeness (QED) is 0.806. The van der Waals surface area contributed by atoms with Crippen LogP contribution in [0.15, 0.2) is 42.5 Å². The first-order chi connectivity index (χ1) is 10.1. The maximum Gasteiger partial charge on any atom is 0.255 e. The summed E-state index contributed by atoms with van der Waals surface area (Å²) in [6.45, 7) is 4.54. The molecule has 0 heterocycles. The molecule has 4 heteroatoms. The molecule has 2 aromatic carbocycles. The highest BCUT2D eigenvalue weighted by Gasteiger charge is 2.08. The molecule has 0 aliphatic carbocycles. The average molecular weight is 348 g/mol. The van der Waals surface area contributed by atoms with Crippen LogP contribution in [0.2, 0.25) is 0 Å². The summed E-state index contributed by atoms with van der Waals surface area (Å²) in [7, 11) is 0. The molecule has 0 aliphatic heterocycles. The summed E-state index contributed by atoms with van der Waals surface area (Å²) in [5.74, 6) is 0.728. The van der Waals surface area contributed by atoms with Gasteiger partial charge in [-0.15, -0.1) is 0 Å². The summed E-state index contributed by atoms with van der Waals surface area (Å²) in [6.07, 6.45) is 0. The molecule has 0 saturated carbocycles. The van der Waals surface area contributed by atoms with Gasteiger partial charge in [0.1, 0.15) is 5.75 Å². The van der Waals surface area contributed by atoms with Gasteiger partial charge in [0.25, 0.3) is 5.91 Å². The molecule has 0 saturated heterocycles. The first kappa shape index (κ1) is 15.6. The molecule has 0 bridgehead atoms. The minimum Gasteiger partial charge on any atom is -0.494 e. The minimum absolute atomic E-state index is 0.108. The molecule has 1 N–H and O–H groups in total. The summed E-state index contributed by atoms with van der Waals surface area (Å²) in [6, 6.07) is 13.2. The van der Waals surface area contributed by atoms with Crippen molar-refractivity contribution in [3.05, 3.63) is 59.2 Å². The number of ether oxygens (including phenoxy) is 1. The van der Waals surface area contributed by atoms with E-state index in [0.717, 1.165) is 22.6 Å². The van der Waals surface area contributed by atoms with Crippen LogP contribution in [0, 0.1) is 6.92 Å². The van der Waals surface area contributed by atoms with Crippen LogP contribution in [0.3, 0.4) is 0 Å². The molecular formula is C17H18BrNO2. The molecule has 2 aromatic rings. The van der Waals surface area contributed by atoms with Crippen molar-refractivity contribution in [1.82, 2.24) is 0 Å². The first-order valence-corrected chi connectivity index (χ1v) is 7.96. The van der Waals surface area contributed by atoms with Crippen LogP contribution in [-0.2, 0) is 5.33 Å². The van der Waals surface area contributed by atoms with E-state index in [1.165, 1.54) is 0 Å². The number of carbonyl (C=O) groups excluding carboxylic acids is 1. The highest BCUT2D eigenvalue weighted by atomic mass is 79.9. The number of halogens is 1. The number of nitrogens with one attached hydrogen (secondary N) is 1. The van der Waals surface area contributed by atoms with Crippen LogP contribution in [0.1, 0.15) is 28.4 Å². The summed E-state index contributed by atoms with van der Waals surface area (Å²) < 4.78 is 5.55. The number of amides is 1. The number of carbonyl (C=O) groups is 1. The largest absolute Gasteiger partial charge is 0.494 e. The van der Waals surface area contributed by atoms with Gasteiger partial charge in [0.15, 0.2) is 0 Å². The SMILES string of the molecule is CCOc1ccc(NC(=O)c2cccc(C)c2)cc1CBr. The van der Waals surface area contributed by atoms with Crippen molar-refractivity contribution in [2.45, 2.75) is 19.2 Å². The third-order valence-electron chi connectivity index (χ3n) is 3.04. The Hall–Kier alpha value is -1.81. The van der Waals surface area contributed by atoms with Crippen molar-refractivity contribution in [3.63, 3.8) is 0 Å². The topological polar surface area (TPSA) is 38.3 Å². The van der Waals surface area contributed by atoms with Gasteiger partial charge in [-0.25, -0.2) is 0 Å². The Labute approximate surface area is 133 Å². The van der Waals surface area contributed by atoms with E-state index in [1.807, 2.05) is 56.3 Å². The van der Waals surface area contributed by atoms with Crippen LogP contribution in [0.4, 0.5) is 5.69 Å². The van der Waals surface area contributed by atoms with Gasteiger partial charge in [-0.05, 0) is 44.2 Å². The number of benzene rings is 2. The van der Waals surface area contributed by atoms with E-state index in [0.29, 0.717) is 17.5 Å². The predicted molar refractivity (Wildman–Crippen MR) is 89.4 cm³/mol. The van der Waals surface area contributed by atoms with Crippen LogP contribution in [0.25, 0.3) is 0 Å². The first-order valence-electron chi connectivity index (χ1n) is 6.83. The van der Waals surface area contributed by atoms with Crippen LogP contribution >= 0.6 is 15.9 Å². The fourth-order valence-corrected chi connectivity index (χ4v) is 2.49. The predicted octanol–water partition coefficient (Wildman–Crippen LogP) is 4.54. The number of hydrogen-bond acceptors (Lipinski definition) is 2. The fourth-order valence-electron chi connectivity index (χ4n) is 2.05. The molecule has 3 nitrogen and oxygen atoms in total. The Morgan fingerprint density at radius 1 is 1.24 bits per heavy atom. The number of alkyl halides is 1. The van der Waals surface area contributed by atoms with E-state index < -0.39 is 0 Å². The molecule has 0 fully saturated rings. The third-order valence-corrected chi connectivity index (χ3v) is 3.65. The summed E-state index contributed by atoms with van der Waals surface area (Å²) in [5.41, 5.74) is 3.50. The normalized spacial score (nSPS) is 10.2. The van der Waals surface area contributed by atoms with Crippen molar-refractivity contribution in [2.24, 2.45) is 0 Å². The van der Waals surface area contributed by atoms with Gasteiger partial charge in [0.05, 0.1) is 6.61 Å². The molecule has 0 spiro atoms. The Morgan fingerprint density at radius 3 is 2.71 bits per heavy atom. The third kappa shape index (κ3) is 4.08. The monoisotopic (exact) mass is 347 g/mol. The van der Waals surface area contributed by atoms with Gasteiger partial charge in [-0.2, -0.15) is 0 Å². The van der Waals surface area contributed by atoms with Gasteiger partial charge >= 0.3 is 0 Å². The number of anilines is 1. The lowest BCUT2D eigenvalue weighted by Crippen LogP contribution is -2.12. The Balaban J connectivity index is 2.17. The van der Waals surface area contributed by atoms with E-state index in [4.69, 9.17) is 4.74 Å². The van der Waals surface area contributed by atoms with E-state index >= 15 is 0 Å². The second kappa shape index (κ2) is 7.27. The van der Waals surface area contributed by atoms with E-state index in [-0.39, 0.29) is 5.91 Å². The maximum atomic E-state index is 12.2. The fraction of sp³-hybridized carbons (Fsp3) is 0.235. The van der Waals surface area contributed by atoms with Crippen molar-refractivity contribution < 1.29 is 9.53 Å². The van der Waals surface area contributed by atoms with Crippen molar-refractivity contribution in [1.29, 1.82) is 0 Å². The van der Waals surface area contributed by atoms with Crippen LogP contribution < -0.4 is 10.1 Å². The molecule has 21 heavy (non-hydrogen) atoms. The lowest BCUT2D eigenvalue weighted by Gasteiger charge is -2.11. The zero-order valence-electron chi connectivity index (χ0n) is 12.2. The molecule has 2 rings (SSSR count). The molecule has 0 unspecified atom stereocenters. The van der Waals surface area contributed by atoms with Crippen LogP contribution in [0.5, 0.6) is 5.75 Å². The summed E-state index contributed by atoms with van der Waals surface area (Å²) in [4.78, 5) is 12.2. The van der Waals surface area contributed by atoms with Gasteiger partial charge < -0.3 is 10.1 Å². The van der Waals surface area contributed by atoms with Gasteiger partial charge in [0, 0.05) is 22.1 Å². The standard InChI is InChI=1S/C17H18BrNO2/c1-3-21-16-8-7-15(10-14(16)11-18)19-17(20)13-6-4-5-12(2)9-13/h4-10H,3,11H2,1-2H3,(H,19,20). The maximum absolute atomic E-state index is 12.2. The smallest absolute Gasteiger partial charge is 0.255 e. The van der Waals surface area contributed by atoms with Crippen LogP contribution in [-0.4, -0.2) is 12.5 Å². The van der Waals surface area contributed by atoms with Crippen molar-refractivity contribution in [2.75, 3.05) is 11.9 Å². The van der Waals surface area contributed by atoms with E-state index in [2.05, 4.69) is 21.2 Å². The summed E-state index contributed by atoms with van der Waals surface area (Å²) >= 11 is 3.44.